The number of nitrogens with zero attached hydrogens (tertiary/aromatic N) is 5. The summed E-state index contributed by atoms with van der Waals surface area (Å²) < 4.78 is 30.5. The van der Waals surface area contributed by atoms with Crippen molar-refractivity contribution in [3.63, 3.8) is 0 Å². The lowest BCUT2D eigenvalue weighted by Gasteiger charge is -2.30. The Bertz CT molecular complexity index is 969. The van der Waals surface area contributed by atoms with E-state index >= 15 is 0 Å². The summed E-state index contributed by atoms with van der Waals surface area (Å²) in [5.41, 5.74) is 1.40. The van der Waals surface area contributed by atoms with Gasteiger partial charge in [0, 0.05) is 43.1 Å². The topological polar surface area (TPSA) is 90.1 Å². The summed E-state index contributed by atoms with van der Waals surface area (Å²) in [7, 11) is -3.57. The third kappa shape index (κ3) is 3.98. The maximum absolute atomic E-state index is 12.8. The van der Waals surface area contributed by atoms with Gasteiger partial charge in [0.05, 0.1) is 12.7 Å². The first-order chi connectivity index (χ1) is 12.7. The molecule has 0 bridgehead atoms. The fourth-order valence-corrected chi connectivity index (χ4v) is 4.67. The van der Waals surface area contributed by atoms with Crippen LogP contribution in [-0.2, 0) is 16.6 Å². The van der Waals surface area contributed by atoms with Crippen molar-refractivity contribution in [1.82, 2.24) is 23.4 Å². The number of hydrogen-bond donors (Lipinski definition) is 0. The lowest BCUT2D eigenvalue weighted by molar-refractivity contribution is 0.250. The highest BCUT2D eigenvalue weighted by Crippen LogP contribution is 2.24. The van der Waals surface area contributed by atoms with Gasteiger partial charge in [-0.05, 0) is 46.5 Å². The van der Waals surface area contributed by atoms with Crippen LogP contribution in [0.15, 0.2) is 28.7 Å². The minimum Gasteiger partial charge on any atom is -0.334 e. The summed E-state index contributed by atoms with van der Waals surface area (Å²) in [5.74, 6) is 0.256. The van der Waals surface area contributed by atoms with Crippen molar-refractivity contribution in [2.24, 2.45) is 5.92 Å². The standard InChI is InChI=1S/C18H27N5O3S/c1-13(2)21-10-17(20-12-21)27(25,26)23-7-5-16(6-8-23)9-22-11-19-15(4)14(3)18(22)24/h10-13,16H,5-9H2,1-4H3. The van der Waals surface area contributed by atoms with Crippen LogP contribution in [0.5, 0.6) is 0 Å². The first kappa shape index (κ1) is 19.8. The van der Waals surface area contributed by atoms with E-state index in [0.717, 1.165) is 5.69 Å². The van der Waals surface area contributed by atoms with Crippen LogP contribution in [-0.4, -0.2) is 44.9 Å². The molecule has 3 heterocycles. The Labute approximate surface area is 159 Å². The van der Waals surface area contributed by atoms with Crippen molar-refractivity contribution in [3.05, 3.63) is 40.5 Å². The van der Waals surface area contributed by atoms with E-state index in [-0.39, 0.29) is 22.5 Å². The molecule has 1 aliphatic heterocycles. The summed E-state index contributed by atoms with van der Waals surface area (Å²) in [4.78, 5) is 20.7. The SMILES string of the molecule is Cc1ncn(CC2CCN(S(=O)(=O)c3cn(C(C)C)cn3)CC2)c(=O)c1C. The van der Waals surface area contributed by atoms with Crippen LogP contribution >= 0.6 is 0 Å². The molecule has 9 heteroatoms. The quantitative estimate of drug-likeness (QED) is 0.772. The number of aryl methyl sites for hydroxylation is 1. The molecule has 0 unspecified atom stereocenters. The second-order valence-electron chi connectivity index (χ2n) is 7.51. The van der Waals surface area contributed by atoms with Gasteiger partial charge in [-0.3, -0.25) is 9.36 Å². The molecule has 3 rings (SSSR count). The highest BCUT2D eigenvalue weighted by Gasteiger charge is 2.31. The first-order valence-electron chi connectivity index (χ1n) is 9.26. The van der Waals surface area contributed by atoms with E-state index in [0.29, 0.717) is 38.0 Å². The van der Waals surface area contributed by atoms with Gasteiger partial charge in [-0.1, -0.05) is 0 Å². The molecule has 148 valence electrons. The maximum atomic E-state index is 12.8. The second-order valence-corrected chi connectivity index (χ2v) is 9.40. The van der Waals surface area contributed by atoms with E-state index in [1.807, 2.05) is 20.8 Å². The number of imidazole rings is 1. The lowest BCUT2D eigenvalue weighted by atomic mass is 9.98. The summed E-state index contributed by atoms with van der Waals surface area (Å²) >= 11 is 0. The Morgan fingerprint density at radius 1 is 1.15 bits per heavy atom. The minimum atomic E-state index is -3.57. The zero-order valence-electron chi connectivity index (χ0n) is 16.3. The molecular formula is C18H27N5O3S. The highest BCUT2D eigenvalue weighted by molar-refractivity contribution is 7.89. The Morgan fingerprint density at radius 2 is 1.81 bits per heavy atom. The van der Waals surface area contributed by atoms with Gasteiger partial charge in [0.1, 0.15) is 0 Å². The van der Waals surface area contributed by atoms with Gasteiger partial charge < -0.3 is 4.57 Å². The van der Waals surface area contributed by atoms with E-state index in [1.165, 1.54) is 4.31 Å². The molecule has 0 amide bonds. The Hall–Kier alpha value is -2.00. The number of piperidine rings is 1. The predicted molar refractivity (Wildman–Crippen MR) is 102 cm³/mol. The van der Waals surface area contributed by atoms with Gasteiger partial charge >= 0.3 is 0 Å². The third-order valence-electron chi connectivity index (χ3n) is 5.32. The molecule has 0 aliphatic carbocycles. The Balaban J connectivity index is 1.66. The molecule has 1 aliphatic rings. The highest BCUT2D eigenvalue weighted by atomic mass is 32.2. The summed E-state index contributed by atoms with van der Waals surface area (Å²) in [6.07, 6.45) is 6.16. The van der Waals surface area contributed by atoms with Crippen LogP contribution in [0.2, 0.25) is 0 Å². The smallest absolute Gasteiger partial charge is 0.262 e. The summed E-state index contributed by atoms with van der Waals surface area (Å²) in [6, 6.07) is 0.164. The Morgan fingerprint density at radius 3 is 2.41 bits per heavy atom. The molecule has 0 spiro atoms. The molecule has 0 aromatic carbocycles. The predicted octanol–water partition coefficient (Wildman–Crippen LogP) is 1.74. The summed E-state index contributed by atoms with van der Waals surface area (Å²) in [6.45, 7) is 9.02. The molecule has 0 radical (unpaired) electrons. The fraction of sp³-hybridized carbons (Fsp3) is 0.611. The van der Waals surface area contributed by atoms with E-state index < -0.39 is 10.0 Å². The molecule has 1 saturated heterocycles. The lowest BCUT2D eigenvalue weighted by Crippen LogP contribution is -2.40. The van der Waals surface area contributed by atoms with Crippen LogP contribution in [0, 0.1) is 19.8 Å². The first-order valence-corrected chi connectivity index (χ1v) is 10.7. The van der Waals surface area contributed by atoms with E-state index in [4.69, 9.17) is 0 Å². The number of rotatable bonds is 5. The zero-order chi connectivity index (χ0) is 19.8. The van der Waals surface area contributed by atoms with Crippen LogP contribution in [0.25, 0.3) is 0 Å². The number of hydrogen-bond acceptors (Lipinski definition) is 5. The molecular weight excluding hydrogens is 366 g/mol. The van der Waals surface area contributed by atoms with E-state index in [1.54, 1.807) is 34.9 Å². The Kier molecular flexibility index (Phi) is 5.53. The molecule has 8 nitrogen and oxygen atoms in total. The number of aromatic nitrogens is 4. The summed E-state index contributed by atoms with van der Waals surface area (Å²) in [5, 5.41) is 0.101. The van der Waals surface area contributed by atoms with Gasteiger partial charge in [-0.15, -0.1) is 0 Å². The fourth-order valence-electron chi connectivity index (χ4n) is 3.28. The van der Waals surface area contributed by atoms with Gasteiger partial charge in [0.15, 0.2) is 5.03 Å². The van der Waals surface area contributed by atoms with Crippen LogP contribution in [0.3, 0.4) is 0 Å². The van der Waals surface area contributed by atoms with Crippen LogP contribution in [0.1, 0.15) is 44.0 Å². The van der Waals surface area contributed by atoms with Gasteiger partial charge in [-0.2, -0.15) is 4.31 Å². The average Bonchev–Trinajstić information content (AvgIpc) is 3.14. The molecule has 0 N–H and O–H groups in total. The normalized spacial score (nSPS) is 16.9. The number of sulfonamides is 1. The molecule has 27 heavy (non-hydrogen) atoms. The maximum Gasteiger partial charge on any atom is 0.262 e. The minimum absolute atomic E-state index is 0.0169. The second kappa shape index (κ2) is 7.55. The van der Waals surface area contributed by atoms with Crippen molar-refractivity contribution >= 4 is 10.0 Å². The largest absolute Gasteiger partial charge is 0.334 e. The molecule has 0 saturated carbocycles. The monoisotopic (exact) mass is 393 g/mol. The van der Waals surface area contributed by atoms with Crippen molar-refractivity contribution < 1.29 is 8.42 Å². The van der Waals surface area contributed by atoms with E-state index in [9.17, 15) is 13.2 Å². The zero-order valence-corrected chi connectivity index (χ0v) is 17.1. The average molecular weight is 394 g/mol. The molecule has 1 fully saturated rings. The van der Waals surface area contributed by atoms with E-state index in [2.05, 4.69) is 9.97 Å². The molecule has 0 atom stereocenters. The third-order valence-corrected chi connectivity index (χ3v) is 7.11. The van der Waals surface area contributed by atoms with Gasteiger partial charge in [-0.25, -0.2) is 18.4 Å². The van der Waals surface area contributed by atoms with Crippen molar-refractivity contribution in [2.75, 3.05) is 13.1 Å². The van der Waals surface area contributed by atoms with Crippen molar-refractivity contribution in [2.45, 2.75) is 58.1 Å². The molecule has 2 aromatic rings. The van der Waals surface area contributed by atoms with Crippen molar-refractivity contribution in [1.29, 1.82) is 0 Å². The van der Waals surface area contributed by atoms with Crippen LogP contribution < -0.4 is 5.56 Å². The van der Waals surface area contributed by atoms with Crippen LogP contribution in [0.4, 0.5) is 0 Å². The van der Waals surface area contributed by atoms with Crippen molar-refractivity contribution in [3.8, 4) is 0 Å². The van der Waals surface area contributed by atoms with Gasteiger partial charge in [0.25, 0.3) is 15.6 Å². The van der Waals surface area contributed by atoms with Gasteiger partial charge in [0.2, 0.25) is 0 Å². The molecule has 2 aromatic heterocycles.